The van der Waals surface area contributed by atoms with E-state index in [2.05, 4.69) is 5.32 Å². The van der Waals surface area contributed by atoms with Gasteiger partial charge in [-0.3, -0.25) is 9.59 Å². The summed E-state index contributed by atoms with van der Waals surface area (Å²) in [6.07, 6.45) is 0.0736. The van der Waals surface area contributed by atoms with Crippen molar-refractivity contribution < 1.29 is 28.6 Å². The van der Waals surface area contributed by atoms with Crippen LogP contribution in [-0.2, 0) is 29.0 Å². The van der Waals surface area contributed by atoms with Crippen molar-refractivity contribution >= 4 is 17.8 Å². The number of carbonyl (C=O) groups excluding carboxylic acids is 3. The summed E-state index contributed by atoms with van der Waals surface area (Å²) in [7, 11) is 3.27. The second kappa shape index (κ2) is 12.5. The van der Waals surface area contributed by atoms with Gasteiger partial charge < -0.3 is 25.0 Å². The van der Waals surface area contributed by atoms with E-state index in [1.54, 1.807) is 60.5 Å². The van der Waals surface area contributed by atoms with Crippen LogP contribution in [0, 0.1) is 5.82 Å². The molecule has 2 N–H and O–H groups in total. The van der Waals surface area contributed by atoms with Crippen molar-refractivity contribution in [2.24, 2.45) is 0 Å². The highest BCUT2D eigenvalue weighted by Gasteiger charge is 2.50. The predicted molar refractivity (Wildman–Crippen MR) is 153 cm³/mol. The molecule has 2 atom stereocenters. The fourth-order valence-electron chi connectivity index (χ4n) is 5.48. The van der Waals surface area contributed by atoms with Crippen LogP contribution < -0.4 is 10.1 Å². The molecule has 10 nitrogen and oxygen atoms in total. The number of nitrogens with zero attached hydrogens (tertiary/aromatic N) is 4. The molecule has 42 heavy (non-hydrogen) atoms. The second-order valence-electron chi connectivity index (χ2n) is 10.5. The zero-order valence-corrected chi connectivity index (χ0v) is 23.6. The largest absolute Gasteiger partial charge is 0.508 e. The van der Waals surface area contributed by atoms with Gasteiger partial charge in [-0.05, 0) is 59.5 Å². The smallest absolute Gasteiger partial charge is 0.334 e. The summed E-state index contributed by atoms with van der Waals surface area (Å²) < 4.78 is 18.6. The molecule has 0 radical (unpaired) electrons. The molecular weight excluding hydrogens is 541 g/mol. The summed E-state index contributed by atoms with van der Waals surface area (Å²) in [5.74, 6) is 0.0292. The quantitative estimate of drug-likeness (QED) is 0.428. The molecule has 220 valence electrons. The van der Waals surface area contributed by atoms with Gasteiger partial charge in [-0.25, -0.2) is 19.2 Å². The van der Waals surface area contributed by atoms with Gasteiger partial charge in [0.15, 0.2) is 0 Å². The van der Waals surface area contributed by atoms with Crippen LogP contribution in [0.2, 0.25) is 0 Å². The third kappa shape index (κ3) is 6.31. The van der Waals surface area contributed by atoms with Crippen molar-refractivity contribution in [3.8, 4) is 11.5 Å². The van der Waals surface area contributed by atoms with Gasteiger partial charge in [0.05, 0.1) is 20.2 Å². The molecule has 0 spiro atoms. The molecule has 2 heterocycles. The number of hydrogen-bond donors (Lipinski definition) is 2. The van der Waals surface area contributed by atoms with Gasteiger partial charge in [0, 0.05) is 26.6 Å². The normalized spacial score (nSPS) is 19.1. The van der Waals surface area contributed by atoms with Crippen molar-refractivity contribution in [3.05, 3.63) is 95.3 Å². The lowest BCUT2D eigenvalue weighted by atomic mass is 9.98. The zero-order chi connectivity index (χ0) is 29.8. The maximum Gasteiger partial charge on any atom is 0.334 e. The molecule has 0 aromatic heterocycles. The standard InChI is InChI=1S/C31H34FN5O5/c1-34-20-29(39)36-27(17-22-5-11-25(38)12-6-22)30(40)35(16-15-21-7-13-26(42-2)14-8-21)19-28(36)37(34)31(41)33-18-23-3-9-24(32)10-4-23/h3-14,27-28,38H,15-20H2,1-2H3,(H,33,41)/t27-,28?/m0/s1. The van der Waals surface area contributed by atoms with E-state index in [0.29, 0.717) is 13.0 Å². The van der Waals surface area contributed by atoms with Gasteiger partial charge in [-0.15, -0.1) is 0 Å². The van der Waals surface area contributed by atoms with Crippen LogP contribution in [0.3, 0.4) is 0 Å². The summed E-state index contributed by atoms with van der Waals surface area (Å²) >= 11 is 0. The number of ether oxygens (including phenoxy) is 1. The van der Waals surface area contributed by atoms with E-state index in [9.17, 15) is 23.9 Å². The Kier molecular flexibility index (Phi) is 8.58. The first-order valence-electron chi connectivity index (χ1n) is 13.8. The number of hydrogen-bond acceptors (Lipinski definition) is 6. The average molecular weight is 576 g/mol. The fourth-order valence-corrected chi connectivity index (χ4v) is 5.48. The van der Waals surface area contributed by atoms with Crippen LogP contribution in [0.4, 0.5) is 9.18 Å². The fraction of sp³-hybridized carbons (Fsp3) is 0.323. The number of halogens is 1. The Bertz CT molecular complexity index is 1420. The number of benzene rings is 3. The van der Waals surface area contributed by atoms with E-state index in [1.807, 2.05) is 24.3 Å². The van der Waals surface area contributed by atoms with Crippen molar-refractivity contribution in [1.82, 2.24) is 25.1 Å². The molecule has 0 saturated carbocycles. The van der Waals surface area contributed by atoms with Crippen molar-refractivity contribution in [2.75, 3.05) is 33.8 Å². The van der Waals surface area contributed by atoms with E-state index >= 15 is 0 Å². The van der Waals surface area contributed by atoms with Crippen LogP contribution in [0.5, 0.6) is 11.5 Å². The lowest BCUT2D eigenvalue weighted by molar-refractivity contribution is -0.186. The Morgan fingerprint density at radius 2 is 1.62 bits per heavy atom. The van der Waals surface area contributed by atoms with Crippen LogP contribution >= 0.6 is 0 Å². The highest BCUT2D eigenvalue weighted by atomic mass is 19.1. The van der Waals surface area contributed by atoms with Gasteiger partial charge in [-0.1, -0.05) is 36.4 Å². The second-order valence-corrected chi connectivity index (χ2v) is 10.5. The number of rotatable bonds is 8. The number of hydrazine groups is 1. The number of phenols is 1. The third-order valence-electron chi connectivity index (χ3n) is 7.70. The van der Waals surface area contributed by atoms with Gasteiger partial charge in [0.25, 0.3) is 0 Å². The molecule has 2 aliphatic heterocycles. The monoisotopic (exact) mass is 575 g/mol. The number of methoxy groups -OCH3 is 1. The molecule has 1 unspecified atom stereocenters. The first-order valence-corrected chi connectivity index (χ1v) is 13.8. The molecule has 4 amide bonds. The van der Waals surface area contributed by atoms with Gasteiger partial charge in [0.1, 0.15) is 29.5 Å². The van der Waals surface area contributed by atoms with Crippen LogP contribution in [0.15, 0.2) is 72.8 Å². The average Bonchev–Trinajstić information content (AvgIpc) is 2.98. The summed E-state index contributed by atoms with van der Waals surface area (Å²) in [5, 5.41) is 15.7. The molecule has 2 aliphatic rings. The Labute approximate surface area is 243 Å². The summed E-state index contributed by atoms with van der Waals surface area (Å²) in [5.41, 5.74) is 2.52. The Morgan fingerprint density at radius 1 is 0.976 bits per heavy atom. The first-order chi connectivity index (χ1) is 20.2. The SMILES string of the molecule is COc1ccc(CCN2CC3N(C(=O)CN(C)N3C(=O)NCc3ccc(F)cc3)[C@@H](Cc3ccc(O)cc3)C2=O)cc1. The van der Waals surface area contributed by atoms with E-state index in [-0.39, 0.29) is 49.4 Å². The minimum Gasteiger partial charge on any atom is -0.508 e. The lowest BCUT2D eigenvalue weighted by Crippen LogP contribution is -2.76. The van der Waals surface area contributed by atoms with Crippen LogP contribution in [0.1, 0.15) is 16.7 Å². The van der Waals surface area contributed by atoms with Crippen LogP contribution in [-0.4, -0.2) is 88.8 Å². The number of phenolic OH excluding ortho intramolecular Hbond substituents is 1. The summed E-state index contributed by atoms with van der Waals surface area (Å²) in [6, 6.07) is 18.7. The number of fused-ring (bicyclic) bond motifs is 1. The molecule has 0 bridgehead atoms. The molecule has 3 aromatic carbocycles. The van der Waals surface area contributed by atoms with Crippen molar-refractivity contribution in [2.45, 2.75) is 31.6 Å². The van der Waals surface area contributed by atoms with Crippen LogP contribution in [0.25, 0.3) is 0 Å². The number of urea groups is 1. The molecule has 3 aromatic rings. The number of amides is 4. The first kappa shape index (κ1) is 28.9. The molecule has 5 rings (SSSR count). The van der Waals surface area contributed by atoms with Crippen molar-refractivity contribution in [1.29, 1.82) is 0 Å². The maximum absolute atomic E-state index is 13.9. The topological polar surface area (TPSA) is 106 Å². The van der Waals surface area contributed by atoms with Gasteiger partial charge >= 0.3 is 6.03 Å². The molecular formula is C31H34FN5O5. The number of likely N-dealkylation sites (N-methyl/N-ethyl adjacent to an activating group) is 1. The number of piperazine rings is 1. The number of aromatic hydroxyl groups is 1. The minimum absolute atomic E-state index is 0.0777. The van der Waals surface area contributed by atoms with E-state index < -0.39 is 18.2 Å². The van der Waals surface area contributed by atoms with Gasteiger partial charge in [0.2, 0.25) is 11.8 Å². The highest BCUT2D eigenvalue weighted by Crippen LogP contribution is 2.28. The highest BCUT2D eigenvalue weighted by molar-refractivity contribution is 5.91. The Balaban J connectivity index is 1.40. The molecule has 0 aliphatic carbocycles. The number of nitrogens with one attached hydrogen (secondary N) is 1. The van der Waals surface area contributed by atoms with Crippen molar-refractivity contribution in [3.63, 3.8) is 0 Å². The zero-order valence-electron chi connectivity index (χ0n) is 23.6. The minimum atomic E-state index is -0.835. The maximum atomic E-state index is 13.9. The van der Waals surface area contributed by atoms with E-state index in [1.165, 1.54) is 22.0 Å². The lowest BCUT2D eigenvalue weighted by Gasteiger charge is -2.54. The predicted octanol–water partition coefficient (Wildman–Crippen LogP) is 2.76. The van der Waals surface area contributed by atoms with E-state index in [0.717, 1.165) is 22.4 Å². The molecule has 2 fully saturated rings. The Hall–Kier alpha value is -4.64. The number of carbonyl (C=O) groups is 3. The summed E-state index contributed by atoms with van der Waals surface area (Å²) in [6.45, 7) is 0.623. The van der Waals surface area contributed by atoms with Gasteiger partial charge in [-0.2, -0.15) is 0 Å². The molecule has 2 saturated heterocycles. The summed E-state index contributed by atoms with van der Waals surface area (Å²) in [4.78, 5) is 44.1. The van der Waals surface area contributed by atoms with E-state index in [4.69, 9.17) is 4.74 Å². The molecule has 11 heteroatoms. The Morgan fingerprint density at radius 3 is 2.29 bits per heavy atom. The third-order valence-corrected chi connectivity index (χ3v) is 7.70.